The molecule has 0 spiro atoms. The predicted octanol–water partition coefficient (Wildman–Crippen LogP) is 2.19. The lowest BCUT2D eigenvalue weighted by atomic mass is 9.96. The Morgan fingerprint density at radius 2 is 2.14 bits per heavy atom. The van der Waals surface area contributed by atoms with E-state index in [0.29, 0.717) is 5.92 Å². The Balaban J connectivity index is 1.47. The van der Waals surface area contributed by atoms with Gasteiger partial charge in [-0.05, 0) is 43.5 Å². The van der Waals surface area contributed by atoms with E-state index in [4.69, 9.17) is 5.73 Å². The van der Waals surface area contributed by atoms with E-state index < -0.39 is 0 Å². The molecule has 3 heterocycles. The first-order valence-corrected chi connectivity index (χ1v) is 8.28. The average Bonchev–Trinajstić information content (AvgIpc) is 3.10. The van der Waals surface area contributed by atoms with Gasteiger partial charge in [-0.3, -0.25) is 4.90 Å². The molecule has 2 aliphatic rings. The van der Waals surface area contributed by atoms with Crippen molar-refractivity contribution in [1.29, 1.82) is 0 Å². The Kier molecular flexibility index (Phi) is 3.58. The normalized spacial score (nSPS) is 21.9. The van der Waals surface area contributed by atoms with E-state index >= 15 is 0 Å². The molecule has 0 amide bonds. The van der Waals surface area contributed by atoms with Gasteiger partial charge in [0.2, 0.25) is 0 Å². The van der Waals surface area contributed by atoms with Crippen LogP contribution in [0.3, 0.4) is 0 Å². The van der Waals surface area contributed by atoms with Crippen LogP contribution in [0.15, 0.2) is 24.3 Å². The van der Waals surface area contributed by atoms with Gasteiger partial charge in [0.05, 0.1) is 0 Å². The van der Waals surface area contributed by atoms with Crippen molar-refractivity contribution in [3.63, 3.8) is 0 Å². The molecule has 1 aromatic carbocycles. The first-order chi connectivity index (χ1) is 10.8. The molecule has 0 radical (unpaired) electrons. The molecule has 1 atom stereocenters. The summed E-state index contributed by atoms with van der Waals surface area (Å²) >= 11 is 0. The van der Waals surface area contributed by atoms with Crippen molar-refractivity contribution >= 4 is 5.69 Å². The molecule has 5 heteroatoms. The first-order valence-electron chi connectivity index (χ1n) is 8.28. The summed E-state index contributed by atoms with van der Waals surface area (Å²) in [7, 11) is 0. The van der Waals surface area contributed by atoms with Crippen LogP contribution in [0.4, 0.5) is 5.69 Å². The van der Waals surface area contributed by atoms with E-state index in [9.17, 15) is 0 Å². The van der Waals surface area contributed by atoms with E-state index in [-0.39, 0.29) is 0 Å². The Morgan fingerprint density at radius 1 is 1.18 bits per heavy atom. The number of fused-ring (bicyclic) bond motifs is 1. The van der Waals surface area contributed by atoms with Gasteiger partial charge in [-0.25, -0.2) is 0 Å². The smallest absolute Gasteiger partial charge is 0.137 e. The Bertz CT molecular complexity index is 663. The highest BCUT2D eigenvalue weighted by molar-refractivity contribution is 5.40. The van der Waals surface area contributed by atoms with Gasteiger partial charge in [0.1, 0.15) is 11.6 Å². The maximum Gasteiger partial charge on any atom is 0.137 e. The van der Waals surface area contributed by atoms with Crippen LogP contribution >= 0.6 is 0 Å². The maximum absolute atomic E-state index is 5.89. The fraction of sp³-hybridized carbons (Fsp3) is 0.529. The second kappa shape index (κ2) is 5.72. The van der Waals surface area contributed by atoms with Crippen molar-refractivity contribution in [2.45, 2.75) is 44.7 Å². The van der Waals surface area contributed by atoms with Gasteiger partial charge in [-0.2, -0.15) is 0 Å². The lowest BCUT2D eigenvalue weighted by molar-refractivity contribution is 0.194. The third-order valence-electron chi connectivity index (χ3n) is 4.87. The maximum atomic E-state index is 5.89. The van der Waals surface area contributed by atoms with Crippen LogP contribution in [0.2, 0.25) is 0 Å². The molecule has 4 rings (SSSR count). The van der Waals surface area contributed by atoms with Gasteiger partial charge >= 0.3 is 0 Å². The summed E-state index contributed by atoms with van der Waals surface area (Å²) < 4.78 is 2.36. The summed E-state index contributed by atoms with van der Waals surface area (Å²) in [6.45, 7) is 4.31. The van der Waals surface area contributed by atoms with Crippen LogP contribution in [0.25, 0.3) is 0 Å². The molecular weight excluding hydrogens is 274 g/mol. The van der Waals surface area contributed by atoms with Gasteiger partial charge in [0.15, 0.2) is 0 Å². The van der Waals surface area contributed by atoms with Crippen LogP contribution in [-0.4, -0.2) is 32.8 Å². The van der Waals surface area contributed by atoms with Crippen molar-refractivity contribution in [2.24, 2.45) is 0 Å². The average molecular weight is 297 g/mol. The van der Waals surface area contributed by atoms with E-state index in [0.717, 1.165) is 38.3 Å². The van der Waals surface area contributed by atoms with Crippen molar-refractivity contribution in [3.8, 4) is 0 Å². The number of aromatic nitrogens is 3. The molecule has 1 aromatic heterocycles. The number of nitrogen functional groups attached to an aromatic ring is 1. The number of piperidine rings is 1. The highest BCUT2D eigenvalue weighted by Crippen LogP contribution is 2.29. The van der Waals surface area contributed by atoms with Gasteiger partial charge in [-0.15, -0.1) is 10.2 Å². The second-order valence-corrected chi connectivity index (χ2v) is 6.55. The van der Waals surface area contributed by atoms with Crippen LogP contribution in [0, 0.1) is 0 Å². The summed E-state index contributed by atoms with van der Waals surface area (Å²) in [6, 6.07) is 8.23. The number of aryl methyl sites for hydroxylation is 1. The Hall–Kier alpha value is -1.88. The SMILES string of the molecule is Nc1cccc(CN2CCCC(c3nnc4n3CCC4)C2)c1. The number of hydrogen-bond acceptors (Lipinski definition) is 4. The quantitative estimate of drug-likeness (QED) is 0.882. The highest BCUT2D eigenvalue weighted by Gasteiger charge is 2.28. The number of likely N-dealkylation sites (tertiary alicyclic amines) is 1. The number of rotatable bonds is 3. The molecule has 1 unspecified atom stereocenters. The minimum absolute atomic E-state index is 0.522. The van der Waals surface area contributed by atoms with Gasteiger partial charge in [0.25, 0.3) is 0 Å². The van der Waals surface area contributed by atoms with Crippen LogP contribution in [-0.2, 0) is 19.5 Å². The second-order valence-electron chi connectivity index (χ2n) is 6.55. The Morgan fingerprint density at radius 3 is 3.05 bits per heavy atom. The summed E-state index contributed by atoms with van der Waals surface area (Å²) in [6.07, 6.45) is 4.77. The first kappa shape index (κ1) is 13.8. The zero-order chi connectivity index (χ0) is 14.9. The summed E-state index contributed by atoms with van der Waals surface area (Å²) in [5, 5.41) is 8.85. The van der Waals surface area contributed by atoms with E-state index in [1.165, 1.54) is 36.5 Å². The zero-order valence-corrected chi connectivity index (χ0v) is 12.9. The van der Waals surface area contributed by atoms with Crippen LogP contribution < -0.4 is 5.73 Å². The lowest BCUT2D eigenvalue weighted by Crippen LogP contribution is -2.34. The highest BCUT2D eigenvalue weighted by atomic mass is 15.3. The summed E-state index contributed by atoms with van der Waals surface area (Å²) in [5.74, 6) is 2.92. The predicted molar refractivity (Wildman–Crippen MR) is 86.4 cm³/mol. The number of nitrogens with two attached hydrogens (primary N) is 1. The molecule has 0 saturated carbocycles. The molecule has 5 nitrogen and oxygen atoms in total. The largest absolute Gasteiger partial charge is 0.399 e. The standard InChI is InChI=1S/C17H23N5/c18-15-6-1-4-13(10-15)11-21-8-2-5-14(12-21)17-20-19-16-7-3-9-22(16)17/h1,4,6,10,14H,2-3,5,7-9,11-12,18H2. The Labute approximate surface area is 131 Å². The van der Waals surface area contributed by atoms with Crippen LogP contribution in [0.5, 0.6) is 0 Å². The monoisotopic (exact) mass is 297 g/mol. The number of hydrogen-bond donors (Lipinski definition) is 1. The molecule has 0 aliphatic carbocycles. The number of anilines is 1. The zero-order valence-electron chi connectivity index (χ0n) is 12.9. The molecule has 2 N–H and O–H groups in total. The third kappa shape index (κ3) is 2.61. The molecule has 22 heavy (non-hydrogen) atoms. The number of nitrogens with zero attached hydrogens (tertiary/aromatic N) is 4. The van der Waals surface area contributed by atoms with Crippen LogP contribution in [0.1, 0.15) is 42.4 Å². The molecule has 2 aromatic rings. The minimum atomic E-state index is 0.522. The van der Waals surface area contributed by atoms with Gasteiger partial charge < -0.3 is 10.3 Å². The van der Waals surface area contributed by atoms with E-state index in [1.54, 1.807) is 0 Å². The molecule has 116 valence electrons. The topological polar surface area (TPSA) is 60.0 Å². The molecule has 1 saturated heterocycles. The van der Waals surface area contributed by atoms with Crippen molar-refractivity contribution in [1.82, 2.24) is 19.7 Å². The molecule has 1 fully saturated rings. The van der Waals surface area contributed by atoms with Crippen molar-refractivity contribution in [2.75, 3.05) is 18.8 Å². The van der Waals surface area contributed by atoms with Crippen molar-refractivity contribution in [3.05, 3.63) is 41.5 Å². The third-order valence-corrected chi connectivity index (χ3v) is 4.87. The fourth-order valence-corrected chi connectivity index (χ4v) is 3.83. The van der Waals surface area contributed by atoms with E-state index in [2.05, 4.69) is 31.8 Å². The summed E-state index contributed by atoms with van der Waals surface area (Å²) in [4.78, 5) is 2.53. The van der Waals surface area contributed by atoms with Gasteiger partial charge in [0, 0.05) is 37.7 Å². The van der Waals surface area contributed by atoms with E-state index in [1.807, 2.05) is 12.1 Å². The number of benzene rings is 1. The molecule has 0 bridgehead atoms. The molecule has 2 aliphatic heterocycles. The van der Waals surface area contributed by atoms with Gasteiger partial charge in [-0.1, -0.05) is 12.1 Å². The molecular formula is C17H23N5. The summed E-state index contributed by atoms with van der Waals surface area (Å²) in [5.41, 5.74) is 8.04. The fourth-order valence-electron chi connectivity index (χ4n) is 3.83. The lowest BCUT2D eigenvalue weighted by Gasteiger charge is -2.32. The van der Waals surface area contributed by atoms with Crippen molar-refractivity contribution < 1.29 is 0 Å². The minimum Gasteiger partial charge on any atom is -0.399 e.